The Balaban J connectivity index is 2.43. The topological polar surface area (TPSA) is 33.0 Å². The molecule has 0 heterocycles. The van der Waals surface area contributed by atoms with Gasteiger partial charge in [-0.3, -0.25) is 0 Å². The van der Waals surface area contributed by atoms with Crippen molar-refractivity contribution in [2.24, 2.45) is 0 Å². The van der Waals surface area contributed by atoms with Gasteiger partial charge in [0.25, 0.3) is 0 Å². The lowest BCUT2D eigenvalue weighted by Crippen LogP contribution is -1.95. The average molecular weight is 334 g/mol. The van der Waals surface area contributed by atoms with Crippen molar-refractivity contribution in [3.05, 3.63) is 58.4 Å². The van der Waals surface area contributed by atoms with Crippen molar-refractivity contribution in [3.8, 4) is 17.6 Å². The van der Waals surface area contributed by atoms with Gasteiger partial charge in [0.05, 0.1) is 11.6 Å². The molecule has 0 aliphatic carbocycles. The van der Waals surface area contributed by atoms with Crippen LogP contribution in [-0.4, -0.2) is 0 Å². The van der Waals surface area contributed by atoms with E-state index < -0.39 is 0 Å². The lowest BCUT2D eigenvalue weighted by Gasteiger charge is -2.14. The number of halogens is 2. The van der Waals surface area contributed by atoms with Gasteiger partial charge in [-0.2, -0.15) is 5.26 Å². The largest absolute Gasteiger partial charge is 0.456 e. The van der Waals surface area contributed by atoms with Gasteiger partial charge < -0.3 is 4.74 Å². The van der Waals surface area contributed by atoms with Crippen molar-refractivity contribution in [2.45, 2.75) is 19.2 Å². The highest BCUT2D eigenvalue weighted by Gasteiger charge is 2.11. The summed E-state index contributed by atoms with van der Waals surface area (Å²) in [5, 5.41) is 9.45. The number of ether oxygens (including phenoxy) is 1. The molecule has 102 valence electrons. The molecule has 0 amide bonds. The van der Waals surface area contributed by atoms with E-state index in [2.05, 4.69) is 22.0 Å². The fourth-order valence-electron chi connectivity index (χ4n) is 2.04. The Kier molecular flexibility index (Phi) is 4.41. The minimum absolute atomic E-state index is 0.292. The highest BCUT2D eigenvalue weighted by atomic mass is 79.9. The van der Waals surface area contributed by atoms with Crippen LogP contribution in [0.2, 0.25) is 0 Å². The SMILES string of the molecule is Cc1cc(C#N)cc(C)c1Oc1ccc(F)cc1CBr. The summed E-state index contributed by atoms with van der Waals surface area (Å²) in [4.78, 5) is 0. The first-order chi connectivity index (χ1) is 9.55. The quantitative estimate of drug-likeness (QED) is 0.740. The molecule has 0 atom stereocenters. The molecule has 4 heteroatoms. The van der Waals surface area contributed by atoms with Crippen LogP contribution in [0.5, 0.6) is 11.5 Å². The molecule has 20 heavy (non-hydrogen) atoms. The summed E-state index contributed by atoms with van der Waals surface area (Å²) < 4.78 is 19.1. The Labute approximate surface area is 125 Å². The lowest BCUT2D eigenvalue weighted by molar-refractivity contribution is 0.469. The summed E-state index contributed by atoms with van der Waals surface area (Å²) in [6, 6.07) is 10.1. The fraction of sp³-hybridized carbons (Fsp3) is 0.188. The van der Waals surface area contributed by atoms with Crippen LogP contribution in [0.25, 0.3) is 0 Å². The standard InChI is InChI=1S/C16H13BrFNO/c1-10-5-12(9-19)6-11(2)16(10)20-15-4-3-14(18)7-13(15)8-17/h3-7H,8H2,1-2H3. The first kappa shape index (κ1) is 14.5. The number of nitrogens with zero attached hydrogens (tertiary/aromatic N) is 1. The number of alkyl halides is 1. The molecule has 2 aromatic carbocycles. The maximum atomic E-state index is 13.2. The summed E-state index contributed by atoms with van der Waals surface area (Å²) >= 11 is 3.33. The van der Waals surface area contributed by atoms with Gasteiger partial charge in [-0.15, -0.1) is 0 Å². The zero-order valence-corrected chi connectivity index (χ0v) is 12.8. The molecule has 2 rings (SSSR count). The molecule has 0 aromatic heterocycles. The second-order valence-electron chi connectivity index (χ2n) is 4.54. The van der Waals surface area contributed by atoms with E-state index in [4.69, 9.17) is 10.00 Å². The van der Waals surface area contributed by atoms with Crippen LogP contribution in [0, 0.1) is 31.0 Å². The van der Waals surface area contributed by atoms with Gasteiger partial charge >= 0.3 is 0 Å². The third-order valence-electron chi connectivity index (χ3n) is 2.97. The smallest absolute Gasteiger partial charge is 0.133 e. The Bertz CT molecular complexity index is 668. The normalized spacial score (nSPS) is 10.2. The van der Waals surface area contributed by atoms with Gasteiger partial charge in [-0.1, -0.05) is 15.9 Å². The highest BCUT2D eigenvalue weighted by Crippen LogP contribution is 2.32. The monoisotopic (exact) mass is 333 g/mol. The van der Waals surface area contributed by atoms with Gasteiger partial charge in [-0.05, 0) is 55.3 Å². The van der Waals surface area contributed by atoms with E-state index in [0.717, 1.165) is 16.7 Å². The predicted octanol–water partition coefficient (Wildman–Crippen LogP) is 5.00. The summed E-state index contributed by atoms with van der Waals surface area (Å²) in [5.41, 5.74) is 3.11. The molecule has 0 fully saturated rings. The van der Waals surface area contributed by atoms with Crippen LogP contribution in [0.4, 0.5) is 4.39 Å². The maximum absolute atomic E-state index is 13.2. The van der Waals surface area contributed by atoms with Crippen LogP contribution in [-0.2, 0) is 5.33 Å². The van der Waals surface area contributed by atoms with E-state index in [-0.39, 0.29) is 5.82 Å². The molecule has 2 aromatic rings. The minimum atomic E-state index is -0.292. The molecule has 0 N–H and O–H groups in total. The number of nitriles is 1. The van der Waals surface area contributed by atoms with E-state index in [9.17, 15) is 4.39 Å². The van der Waals surface area contributed by atoms with Gasteiger partial charge in [0.1, 0.15) is 17.3 Å². The first-order valence-electron chi connectivity index (χ1n) is 6.08. The zero-order valence-electron chi connectivity index (χ0n) is 11.2. The summed E-state index contributed by atoms with van der Waals surface area (Å²) in [5.74, 6) is 1.03. The summed E-state index contributed by atoms with van der Waals surface area (Å²) in [7, 11) is 0. The van der Waals surface area contributed by atoms with Crippen LogP contribution in [0.3, 0.4) is 0 Å². The van der Waals surface area contributed by atoms with Gasteiger partial charge in [0.2, 0.25) is 0 Å². The summed E-state index contributed by atoms with van der Waals surface area (Å²) in [6.45, 7) is 3.78. The Morgan fingerprint density at radius 3 is 2.40 bits per heavy atom. The number of benzene rings is 2. The van der Waals surface area contributed by atoms with E-state index in [1.54, 1.807) is 18.2 Å². The lowest BCUT2D eigenvalue weighted by atomic mass is 10.1. The number of hydrogen-bond acceptors (Lipinski definition) is 2. The Hall–Kier alpha value is -1.86. The molecule has 0 saturated carbocycles. The van der Waals surface area contributed by atoms with Crippen molar-refractivity contribution in [1.82, 2.24) is 0 Å². The fourth-order valence-corrected chi connectivity index (χ4v) is 2.48. The summed E-state index contributed by atoms with van der Waals surface area (Å²) in [6.07, 6.45) is 0. The third-order valence-corrected chi connectivity index (χ3v) is 3.57. The Morgan fingerprint density at radius 2 is 1.85 bits per heavy atom. The molecule has 0 radical (unpaired) electrons. The molecule has 0 unspecified atom stereocenters. The molecule has 0 spiro atoms. The highest BCUT2D eigenvalue weighted by molar-refractivity contribution is 9.08. The van der Waals surface area contributed by atoms with Crippen LogP contribution < -0.4 is 4.74 Å². The maximum Gasteiger partial charge on any atom is 0.133 e. The van der Waals surface area contributed by atoms with Gasteiger partial charge in [0.15, 0.2) is 0 Å². The molecule has 2 nitrogen and oxygen atoms in total. The van der Waals surface area contributed by atoms with Crippen molar-refractivity contribution >= 4 is 15.9 Å². The van der Waals surface area contributed by atoms with Crippen LogP contribution >= 0.6 is 15.9 Å². The van der Waals surface area contributed by atoms with Crippen molar-refractivity contribution in [1.29, 1.82) is 5.26 Å². The van der Waals surface area contributed by atoms with Crippen LogP contribution in [0.1, 0.15) is 22.3 Å². The van der Waals surface area contributed by atoms with Crippen molar-refractivity contribution < 1.29 is 9.13 Å². The molecule has 0 bridgehead atoms. The second kappa shape index (κ2) is 6.06. The predicted molar refractivity (Wildman–Crippen MR) is 79.7 cm³/mol. The molecular weight excluding hydrogens is 321 g/mol. The molecule has 0 aliphatic rings. The average Bonchev–Trinajstić information content (AvgIpc) is 2.43. The van der Waals surface area contributed by atoms with Gasteiger partial charge in [-0.25, -0.2) is 4.39 Å². The van der Waals surface area contributed by atoms with E-state index in [1.165, 1.54) is 12.1 Å². The number of aryl methyl sites for hydroxylation is 2. The van der Waals surface area contributed by atoms with E-state index in [0.29, 0.717) is 22.4 Å². The second-order valence-corrected chi connectivity index (χ2v) is 5.10. The number of rotatable bonds is 3. The number of hydrogen-bond donors (Lipinski definition) is 0. The van der Waals surface area contributed by atoms with E-state index in [1.807, 2.05) is 13.8 Å². The first-order valence-corrected chi connectivity index (χ1v) is 7.21. The molecule has 0 saturated heterocycles. The van der Waals surface area contributed by atoms with Crippen LogP contribution in [0.15, 0.2) is 30.3 Å². The minimum Gasteiger partial charge on any atom is -0.456 e. The molecular formula is C16H13BrFNO. The van der Waals surface area contributed by atoms with Crippen molar-refractivity contribution in [2.75, 3.05) is 0 Å². The van der Waals surface area contributed by atoms with Crippen molar-refractivity contribution in [3.63, 3.8) is 0 Å². The van der Waals surface area contributed by atoms with E-state index >= 15 is 0 Å². The zero-order chi connectivity index (χ0) is 14.7. The Morgan fingerprint density at radius 1 is 1.20 bits per heavy atom. The third kappa shape index (κ3) is 3.00. The molecule has 0 aliphatic heterocycles. The van der Waals surface area contributed by atoms with Gasteiger partial charge in [0, 0.05) is 10.9 Å².